The molecular formula is C9H12ClNO2. The molecule has 0 saturated carbocycles. The lowest BCUT2D eigenvalue weighted by Gasteiger charge is -2.09. The van der Waals surface area contributed by atoms with Crippen LogP contribution < -0.4 is 15.2 Å². The number of ether oxygens (including phenoxy) is 2. The second-order valence-corrected chi connectivity index (χ2v) is 2.79. The molecule has 72 valence electrons. The minimum Gasteiger partial charge on any atom is -0.495 e. The van der Waals surface area contributed by atoms with Gasteiger partial charge in [-0.3, -0.25) is 0 Å². The second-order valence-electron chi connectivity index (χ2n) is 2.41. The number of halogens is 1. The summed E-state index contributed by atoms with van der Waals surface area (Å²) >= 11 is 5.95. The minimum absolute atomic E-state index is 0.451. The fourth-order valence-corrected chi connectivity index (χ4v) is 1.19. The van der Waals surface area contributed by atoms with Crippen LogP contribution in [0.3, 0.4) is 0 Å². The van der Waals surface area contributed by atoms with Crippen LogP contribution in [0, 0.1) is 0 Å². The van der Waals surface area contributed by atoms with E-state index in [4.69, 9.17) is 26.8 Å². The van der Waals surface area contributed by atoms with Crippen LogP contribution in [0.2, 0.25) is 5.02 Å². The maximum atomic E-state index is 5.95. The summed E-state index contributed by atoms with van der Waals surface area (Å²) in [5, 5.41) is 0.485. The van der Waals surface area contributed by atoms with E-state index in [1.807, 2.05) is 6.07 Å². The summed E-state index contributed by atoms with van der Waals surface area (Å²) in [7, 11) is 1.56. The molecule has 13 heavy (non-hydrogen) atoms. The lowest BCUT2D eigenvalue weighted by atomic mass is 10.3. The predicted molar refractivity (Wildman–Crippen MR) is 52.6 cm³/mol. The Morgan fingerprint density at radius 3 is 2.69 bits per heavy atom. The van der Waals surface area contributed by atoms with Gasteiger partial charge in [-0.1, -0.05) is 17.7 Å². The van der Waals surface area contributed by atoms with Gasteiger partial charge in [-0.25, -0.2) is 0 Å². The fourth-order valence-electron chi connectivity index (χ4n) is 0.929. The van der Waals surface area contributed by atoms with Crippen molar-refractivity contribution in [3.05, 3.63) is 23.2 Å². The molecule has 0 aliphatic carbocycles. The van der Waals surface area contributed by atoms with Gasteiger partial charge in [0, 0.05) is 6.54 Å². The predicted octanol–water partition coefficient (Wildman–Crippen LogP) is 1.69. The Bertz CT molecular complexity index is 278. The highest BCUT2D eigenvalue weighted by molar-refractivity contribution is 6.33. The molecular weight excluding hydrogens is 190 g/mol. The molecule has 0 aliphatic heterocycles. The van der Waals surface area contributed by atoms with Crippen LogP contribution in [-0.2, 0) is 0 Å². The SMILES string of the molecule is COc1cccc(OCCN)c1Cl. The third-order valence-electron chi connectivity index (χ3n) is 1.52. The Kier molecular flexibility index (Phi) is 3.86. The van der Waals surface area contributed by atoms with Gasteiger partial charge in [-0.2, -0.15) is 0 Å². The average Bonchev–Trinajstić information content (AvgIpc) is 2.16. The van der Waals surface area contributed by atoms with E-state index >= 15 is 0 Å². The van der Waals surface area contributed by atoms with E-state index in [0.29, 0.717) is 29.7 Å². The molecule has 1 aromatic carbocycles. The summed E-state index contributed by atoms with van der Waals surface area (Å²) < 4.78 is 10.3. The molecule has 0 unspecified atom stereocenters. The van der Waals surface area contributed by atoms with Crippen molar-refractivity contribution in [1.82, 2.24) is 0 Å². The van der Waals surface area contributed by atoms with E-state index in [1.54, 1.807) is 19.2 Å². The van der Waals surface area contributed by atoms with Crippen molar-refractivity contribution in [3.8, 4) is 11.5 Å². The van der Waals surface area contributed by atoms with Gasteiger partial charge in [0.2, 0.25) is 0 Å². The summed E-state index contributed by atoms with van der Waals surface area (Å²) in [6.45, 7) is 0.917. The monoisotopic (exact) mass is 201 g/mol. The van der Waals surface area contributed by atoms with E-state index in [0.717, 1.165) is 0 Å². The Morgan fingerprint density at radius 1 is 1.38 bits per heavy atom. The minimum atomic E-state index is 0.451. The highest BCUT2D eigenvalue weighted by atomic mass is 35.5. The second kappa shape index (κ2) is 4.94. The van der Waals surface area contributed by atoms with Crippen molar-refractivity contribution >= 4 is 11.6 Å². The largest absolute Gasteiger partial charge is 0.495 e. The molecule has 0 bridgehead atoms. The molecule has 0 amide bonds. The number of rotatable bonds is 4. The van der Waals surface area contributed by atoms with Crippen LogP contribution in [0.1, 0.15) is 0 Å². The lowest BCUT2D eigenvalue weighted by Crippen LogP contribution is -2.10. The standard InChI is InChI=1S/C9H12ClNO2/c1-12-7-3-2-4-8(9(7)10)13-6-5-11/h2-4H,5-6,11H2,1H3. The normalized spacial score (nSPS) is 9.77. The molecule has 3 nitrogen and oxygen atoms in total. The highest BCUT2D eigenvalue weighted by Crippen LogP contribution is 2.33. The molecule has 4 heteroatoms. The first kappa shape index (κ1) is 10.2. The van der Waals surface area contributed by atoms with Crippen molar-refractivity contribution in [2.45, 2.75) is 0 Å². The van der Waals surface area contributed by atoms with Gasteiger partial charge < -0.3 is 15.2 Å². The molecule has 0 aliphatic rings. The van der Waals surface area contributed by atoms with Crippen LogP contribution in [0.5, 0.6) is 11.5 Å². The quantitative estimate of drug-likeness (QED) is 0.806. The smallest absolute Gasteiger partial charge is 0.141 e. The van der Waals surface area contributed by atoms with Crippen LogP contribution in [0.4, 0.5) is 0 Å². The number of benzene rings is 1. The topological polar surface area (TPSA) is 44.5 Å². The first-order valence-electron chi connectivity index (χ1n) is 3.95. The van der Waals surface area contributed by atoms with Gasteiger partial charge in [0.1, 0.15) is 23.1 Å². The Labute approximate surface area is 82.4 Å². The van der Waals surface area contributed by atoms with E-state index < -0.39 is 0 Å². The molecule has 0 heterocycles. The first-order chi connectivity index (χ1) is 6.29. The molecule has 0 aromatic heterocycles. The van der Waals surface area contributed by atoms with E-state index in [2.05, 4.69) is 0 Å². The number of nitrogens with two attached hydrogens (primary N) is 1. The molecule has 0 radical (unpaired) electrons. The molecule has 0 atom stereocenters. The Hall–Kier alpha value is -0.930. The molecule has 1 rings (SSSR count). The zero-order chi connectivity index (χ0) is 9.68. The summed E-state index contributed by atoms with van der Waals surface area (Å²) in [5.41, 5.74) is 5.30. The van der Waals surface area contributed by atoms with Gasteiger partial charge in [-0.05, 0) is 12.1 Å². The lowest BCUT2D eigenvalue weighted by molar-refractivity contribution is 0.325. The molecule has 1 aromatic rings. The van der Waals surface area contributed by atoms with Crippen LogP contribution >= 0.6 is 11.6 Å². The van der Waals surface area contributed by atoms with Crippen molar-refractivity contribution in [2.24, 2.45) is 5.73 Å². The third-order valence-corrected chi connectivity index (χ3v) is 1.90. The Balaban J connectivity index is 2.81. The van der Waals surface area contributed by atoms with Gasteiger partial charge in [0.05, 0.1) is 7.11 Å². The number of methoxy groups -OCH3 is 1. The highest BCUT2D eigenvalue weighted by Gasteiger charge is 2.06. The van der Waals surface area contributed by atoms with Crippen molar-refractivity contribution in [1.29, 1.82) is 0 Å². The van der Waals surface area contributed by atoms with E-state index in [-0.39, 0.29) is 0 Å². The van der Waals surface area contributed by atoms with Gasteiger partial charge >= 0.3 is 0 Å². The summed E-state index contributed by atoms with van der Waals surface area (Å²) in [5.74, 6) is 1.21. The van der Waals surface area contributed by atoms with Crippen molar-refractivity contribution in [2.75, 3.05) is 20.3 Å². The van der Waals surface area contributed by atoms with Crippen molar-refractivity contribution < 1.29 is 9.47 Å². The molecule has 0 spiro atoms. The maximum absolute atomic E-state index is 5.95. The van der Waals surface area contributed by atoms with E-state index in [1.165, 1.54) is 0 Å². The van der Waals surface area contributed by atoms with Gasteiger partial charge in [0.15, 0.2) is 0 Å². The van der Waals surface area contributed by atoms with Crippen LogP contribution in [-0.4, -0.2) is 20.3 Å². The first-order valence-corrected chi connectivity index (χ1v) is 4.32. The third kappa shape index (κ3) is 2.50. The average molecular weight is 202 g/mol. The van der Waals surface area contributed by atoms with Crippen molar-refractivity contribution in [3.63, 3.8) is 0 Å². The maximum Gasteiger partial charge on any atom is 0.141 e. The zero-order valence-electron chi connectivity index (χ0n) is 7.42. The Morgan fingerprint density at radius 2 is 2.08 bits per heavy atom. The fraction of sp³-hybridized carbons (Fsp3) is 0.333. The summed E-state index contributed by atoms with van der Waals surface area (Å²) in [6.07, 6.45) is 0. The summed E-state index contributed by atoms with van der Waals surface area (Å²) in [4.78, 5) is 0. The molecule has 0 fully saturated rings. The molecule has 2 N–H and O–H groups in total. The number of hydrogen-bond donors (Lipinski definition) is 1. The van der Waals surface area contributed by atoms with Gasteiger partial charge in [0.25, 0.3) is 0 Å². The van der Waals surface area contributed by atoms with E-state index in [9.17, 15) is 0 Å². The molecule has 0 saturated heterocycles. The van der Waals surface area contributed by atoms with Crippen LogP contribution in [0.15, 0.2) is 18.2 Å². The summed E-state index contributed by atoms with van der Waals surface area (Å²) in [6, 6.07) is 5.37. The zero-order valence-corrected chi connectivity index (χ0v) is 8.17. The number of hydrogen-bond acceptors (Lipinski definition) is 3. The van der Waals surface area contributed by atoms with Gasteiger partial charge in [-0.15, -0.1) is 0 Å². The van der Waals surface area contributed by atoms with Crippen LogP contribution in [0.25, 0.3) is 0 Å².